The molecule has 0 bridgehead atoms. The minimum atomic E-state index is -4.02. The number of fused-ring (bicyclic) bond motifs is 2. The predicted octanol–water partition coefficient (Wildman–Crippen LogP) is 6.65. The van der Waals surface area contributed by atoms with Gasteiger partial charge in [0.1, 0.15) is 28.6 Å². The van der Waals surface area contributed by atoms with Crippen LogP contribution >= 0.6 is 0 Å². The minimum Gasteiger partial charge on any atom is -0.493 e. The van der Waals surface area contributed by atoms with Crippen molar-refractivity contribution in [3.63, 3.8) is 0 Å². The largest absolute Gasteiger partial charge is 0.493 e. The predicted molar refractivity (Wildman–Crippen MR) is 176 cm³/mol. The molecule has 252 valence electrons. The van der Waals surface area contributed by atoms with Crippen molar-refractivity contribution in [2.24, 2.45) is 11.8 Å². The Morgan fingerprint density at radius 2 is 1.19 bits per heavy atom. The maximum Gasteiger partial charge on any atom is 0.231 e. The van der Waals surface area contributed by atoms with Gasteiger partial charge in [-0.25, -0.2) is 8.78 Å². The molecule has 4 heterocycles. The van der Waals surface area contributed by atoms with Crippen LogP contribution in [-0.4, -0.2) is 52.6 Å². The first kappa shape index (κ1) is 12.1. The zero-order chi connectivity index (χ0) is 60.4. The quantitative estimate of drug-likeness (QED) is 0.213. The first-order valence-corrected chi connectivity index (χ1v) is 13.4. The lowest BCUT2D eigenvalue weighted by Gasteiger charge is -2.32. The van der Waals surface area contributed by atoms with E-state index in [2.05, 4.69) is 0 Å². The molecule has 0 radical (unpaired) electrons. The third-order valence-electron chi connectivity index (χ3n) is 6.16. The average molecular weight is 690 g/mol. The summed E-state index contributed by atoms with van der Waals surface area (Å²) in [5, 5.41) is 3.23. The number of nitrogens with one attached hydrogen (secondary N) is 2. The van der Waals surface area contributed by atoms with E-state index in [1.807, 2.05) is 0 Å². The molecular weight excluding hydrogens is 618 g/mol. The molecular formula is C38H40F2N2O6. The van der Waals surface area contributed by atoms with Crippen LogP contribution in [0.5, 0.6) is 34.5 Å². The van der Waals surface area contributed by atoms with Crippen molar-refractivity contribution in [3.8, 4) is 34.5 Å². The van der Waals surface area contributed by atoms with Crippen LogP contribution in [0.4, 0.5) is 8.78 Å². The number of halogens is 2. The van der Waals surface area contributed by atoms with Crippen LogP contribution in [-0.2, 0) is 0 Å². The van der Waals surface area contributed by atoms with Gasteiger partial charge in [-0.05, 0) is 97.1 Å². The molecule has 2 saturated heterocycles. The SMILES string of the molecule is [2H]c1c([2H])c([C@@]2([2H])C(C([2H])([2H])Oc3ccc4c(c3)OC([2H])([2H])O4)C([2H])([2H])NC([2H])([2H])C2([2H])[2H])c([2H])c([2H])c1F.[2H]c1c([2H])c([C@]2([2H])C([2H])([2H])C([2H])([2H])NC([2H])([2H])C2([2H])C([2H])([2H])Oc2ccc3c(c2)OC([2H])([2H])O3)c([2H])c([2H])c1F. The lowest BCUT2D eigenvalue weighted by atomic mass is 9.81. The molecule has 0 spiro atoms. The van der Waals surface area contributed by atoms with E-state index in [9.17, 15) is 8.78 Å². The Labute approximate surface area is 322 Å². The Morgan fingerprint density at radius 3 is 1.79 bits per heavy atom. The standard InChI is InChI=1S/2C19H20FNO3/c2*20-15-3-1-13(2-4-15)17-7-8-21-10-14(17)11-22-16-5-6-18-19(9-16)24-12-23-18/h2*1-6,9,14,17,21H,7-8,10-12H2/t2*14?,17-/m00/s1/i1D,2D,3D,4D,7D2,8D2,10D2,11D2,12D2,14D,17D;1D,2D,3D,4D,7D2,8D2,10D2,11D2,12D2,17D. The normalized spacial score (nSPS) is 45.4. The molecule has 2 fully saturated rings. The molecule has 0 saturated carbocycles. The summed E-state index contributed by atoms with van der Waals surface area (Å²) in [6, 6.07) is -5.01. The highest BCUT2D eigenvalue weighted by Crippen LogP contribution is 2.38. The maximum atomic E-state index is 14.4. The first-order chi connectivity index (χ1) is 35.4. The molecule has 8 rings (SSSR count). The summed E-state index contributed by atoms with van der Waals surface area (Å²) in [7, 11) is 0. The Hall–Kier alpha value is -4.54. The van der Waals surface area contributed by atoms with Crippen LogP contribution < -0.4 is 39.1 Å². The molecule has 4 aliphatic rings. The van der Waals surface area contributed by atoms with E-state index in [1.54, 1.807) is 10.6 Å². The van der Waals surface area contributed by atoms with E-state index in [4.69, 9.17) is 70.9 Å². The van der Waals surface area contributed by atoms with Gasteiger partial charge in [0.15, 0.2) is 23.0 Å². The first-order valence-electron chi connectivity index (χ1n) is 28.9. The second-order valence-corrected chi connectivity index (χ2v) is 9.21. The fraction of sp³-hybridized carbons (Fsp3) is 0.368. The topological polar surface area (TPSA) is 79.4 Å². The molecule has 8 nitrogen and oxygen atoms in total. The monoisotopic (exact) mass is 689 g/mol. The summed E-state index contributed by atoms with van der Waals surface area (Å²) < 4.78 is 315. The zero-order valence-electron chi connectivity index (χ0n) is 54.7. The second kappa shape index (κ2) is 15.1. The van der Waals surface area contributed by atoms with Crippen molar-refractivity contribution in [2.75, 3.05) is 52.6 Å². The van der Waals surface area contributed by atoms with Crippen LogP contribution in [0.3, 0.4) is 0 Å². The van der Waals surface area contributed by atoms with Crippen molar-refractivity contribution >= 4 is 0 Å². The van der Waals surface area contributed by atoms with Crippen LogP contribution in [0.15, 0.2) is 84.7 Å². The van der Waals surface area contributed by atoms with Crippen molar-refractivity contribution in [1.29, 1.82) is 0 Å². The van der Waals surface area contributed by atoms with E-state index in [0.29, 0.717) is 0 Å². The highest BCUT2D eigenvalue weighted by atomic mass is 19.1. The lowest BCUT2D eigenvalue weighted by Crippen LogP contribution is -2.38. The van der Waals surface area contributed by atoms with Gasteiger partial charge in [0, 0.05) is 57.5 Å². The van der Waals surface area contributed by atoms with Gasteiger partial charge in [0.05, 0.1) is 29.6 Å². The van der Waals surface area contributed by atoms with Crippen molar-refractivity contribution in [2.45, 2.75) is 24.5 Å². The van der Waals surface area contributed by atoms with E-state index in [1.165, 1.54) is 0 Å². The summed E-state index contributed by atoms with van der Waals surface area (Å²) in [4.78, 5) is 0. The molecule has 48 heavy (non-hydrogen) atoms. The number of hydrogen-bond donors (Lipinski definition) is 2. The molecule has 4 aromatic rings. The van der Waals surface area contributed by atoms with Gasteiger partial charge >= 0.3 is 0 Å². The number of benzene rings is 4. The minimum absolute atomic E-state index is 0.0862. The molecule has 4 aliphatic heterocycles. The molecule has 10 heteroatoms. The maximum absolute atomic E-state index is 14.4. The van der Waals surface area contributed by atoms with Crippen molar-refractivity contribution in [3.05, 3.63) is 107 Å². The Bertz CT molecular complexity index is 3110. The smallest absolute Gasteiger partial charge is 0.231 e. The van der Waals surface area contributed by atoms with Gasteiger partial charge in [0.2, 0.25) is 13.5 Å². The summed E-state index contributed by atoms with van der Waals surface area (Å²) in [6.45, 7) is -26.7. The van der Waals surface area contributed by atoms with Crippen LogP contribution in [0.25, 0.3) is 0 Å². The fourth-order valence-electron chi connectivity index (χ4n) is 3.97. The molecule has 0 amide bonds. The molecule has 4 atom stereocenters. The van der Waals surface area contributed by atoms with Gasteiger partial charge in [-0.15, -0.1) is 0 Å². The lowest BCUT2D eigenvalue weighted by molar-refractivity contribution is 0.173. The van der Waals surface area contributed by atoms with Gasteiger partial charge in [0.25, 0.3) is 0 Å². The third-order valence-corrected chi connectivity index (χ3v) is 6.16. The second-order valence-electron chi connectivity index (χ2n) is 9.21. The fourth-order valence-corrected chi connectivity index (χ4v) is 3.97. The summed E-state index contributed by atoms with van der Waals surface area (Å²) in [6.07, 6.45) is -7.59. The molecule has 2 unspecified atom stereocenters. The van der Waals surface area contributed by atoms with Gasteiger partial charge in [-0.1, -0.05) is 24.2 Å². The number of rotatable bonds is 8. The number of hydrogen-bond acceptors (Lipinski definition) is 8. The molecule has 2 N–H and O–H groups in total. The number of ether oxygens (including phenoxy) is 6. The van der Waals surface area contributed by atoms with Crippen molar-refractivity contribution in [1.82, 2.24) is 10.6 Å². The van der Waals surface area contributed by atoms with E-state index in [-0.39, 0.29) is 23.0 Å². The van der Waals surface area contributed by atoms with Gasteiger partial charge < -0.3 is 39.1 Å². The highest BCUT2D eigenvalue weighted by Gasteiger charge is 2.28. The molecule has 4 aromatic carbocycles. The van der Waals surface area contributed by atoms with Gasteiger partial charge in [-0.3, -0.25) is 0 Å². The summed E-state index contributed by atoms with van der Waals surface area (Å²) in [5.74, 6) is -19.6. The van der Waals surface area contributed by atoms with Crippen molar-refractivity contribution < 1.29 is 79.7 Å². The zero-order valence-corrected chi connectivity index (χ0v) is 23.7. The Kier molecular flexibility index (Phi) is 3.81. The third kappa shape index (κ3) is 7.77. The molecule has 0 aliphatic carbocycles. The van der Waals surface area contributed by atoms with E-state index >= 15 is 0 Å². The van der Waals surface area contributed by atoms with E-state index in [0.717, 1.165) is 36.4 Å². The number of piperidine rings is 2. The highest BCUT2D eigenvalue weighted by molar-refractivity contribution is 5.47. The Morgan fingerprint density at radius 1 is 0.688 bits per heavy atom. The van der Waals surface area contributed by atoms with Crippen LogP contribution in [0.1, 0.15) is 78.2 Å². The van der Waals surface area contributed by atoms with Crippen LogP contribution in [0.2, 0.25) is 0 Å². The summed E-state index contributed by atoms with van der Waals surface area (Å²) >= 11 is 0. The Balaban J connectivity index is 0.000000229. The average Bonchev–Trinajstić information content (AvgIpc) is 3.99. The van der Waals surface area contributed by atoms with Gasteiger partial charge in [-0.2, -0.15) is 0 Å². The summed E-state index contributed by atoms with van der Waals surface area (Å²) in [5.41, 5.74) is -2.76. The molecule has 0 aromatic heterocycles. The van der Waals surface area contributed by atoms with Crippen LogP contribution in [0, 0.1) is 23.4 Å². The van der Waals surface area contributed by atoms with E-state index < -0.39 is 172 Å².